The fourth-order valence-electron chi connectivity index (χ4n) is 1.20. The Kier molecular flexibility index (Phi) is 8.20. The van der Waals surface area contributed by atoms with Crippen molar-refractivity contribution in [3.63, 3.8) is 0 Å². The van der Waals surface area contributed by atoms with Crippen molar-refractivity contribution in [2.24, 2.45) is 0 Å². The third-order valence-electron chi connectivity index (χ3n) is 1.82. The minimum atomic E-state index is 0. The molecule has 1 atom stereocenters. The average molecular weight is 457 g/mol. The normalized spacial score (nSPS) is 16.9. The molecule has 1 aliphatic carbocycles. The van der Waals surface area contributed by atoms with Gasteiger partial charge in [-0.2, -0.15) is 42.4 Å². The first-order valence-electron chi connectivity index (χ1n) is 4.31. The molecule has 1 unspecified atom stereocenters. The van der Waals surface area contributed by atoms with E-state index in [4.69, 9.17) is 0 Å². The zero-order valence-corrected chi connectivity index (χ0v) is 13.7. The van der Waals surface area contributed by atoms with Gasteiger partial charge in [0.05, 0.1) is 0 Å². The maximum Gasteiger partial charge on any atom is 2.00 e. The van der Waals surface area contributed by atoms with Gasteiger partial charge in [0.15, 0.2) is 0 Å². The van der Waals surface area contributed by atoms with Crippen LogP contribution in [0.2, 0.25) is 0 Å². The molecule has 3 heteroatoms. The molecule has 1 aliphatic rings. The van der Waals surface area contributed by atoms with Crippen LogP contribution in [0.15, 0.2) is 48.6 Å². The molecule has 1 nitrogen and oxygen atoms in total. The van der Waals surface area contributed by atoms with Crippen LogP contribution in [0.5, 0.6) is 0 Å². The van der Waals surface area contributed by atoms with E-state index in [1.54, 1.807) is 0 Å². The average Bonchev–Trinajstić information content (AvgIpc) is 2.21. The predicted octanol–water partition coefficient (Wildman–Crippen LogP) is 3.19. The van der Waals surface area contributed by atoms with Gasteiger partial charge in [-0.15, -0.1) is 6.08 Å². The molecule has 0 fully saturated rings. The van der Waals surface area contributed by atoms with Crippen LogP contribution in [0.1, 0.15) is 0 Å². The minimum absolute atomic E-state index is 0. The van der Waals surface area contributed by atoms with Crippen LogP contribution < -0.4 is 0 Å². The van der Waals surface area contributed by atoms with Crippen molar-refractivity contribution in [2.45, 2.75) is 6.04 Å². The van der Waals surface area contributed by atoms with Gasteiger partial charge in [-0.3, -0.25) is 5.69 Å². The van der Waals surface area contributed by atoms with E-state index in [9.17, 15) is 0 Å². The fraction of sp³-hybridized carbons (Fsp3) is 0.0833. The first-order chi connectivity index (χ1) is 6.45. The molecule has 0 aromatic heterocycles. The summed E-state index contributed by atoms with van der Waals surface area (Å²) in [7, 11) is 0. The molecule has 15 heavy (non-hydrogen) atoms. The number of hydrogen-bond acceptors (Lipinski definition) is 0. The maximum atomic E-state index is 4.47. The largest absolute Gasteiger partial charge is 2.00 e. The van der Waals surface area contributed by atoms with Crippen molar-refractivity contribution >= 4 is 5.69 Å². The topological polar surface area (TPSA) is 14.1 Å². The minimum Gasteiger partial charge on any atom is -0.711 e. The Balaban J connectivity index is 0.000000980. The molecular formula is C12H10NUV-. The summed E-state index contributed by atoms with van der Waals surface area (Å²) in [6.45, 7) is 0. The van der Waals surface area contributed by atoms with Crippen molar-refractivity contribution in [1.29, 1.82) is 0 Å². The molecule has 0 amide bonds. The number of rotatable bonds is 2. The summed E-state index contributed by atoms with van der Waals surface area (Å²) in [5.74, 6) is 0. The molecule has 0 saturated heterocycles. The number of hydrogen-bond donors (Lipinski definition) is 0. The predicted molar refractivity (Wildman–Crippen MR) is 54.7 cm³/mol. The monoisotopic (exact) mass is 457 g/mol. The molecule has 0 aliphatic heterocycles. The molecular weight excluding hydrogens is 447 g/mol. The van der Waals surface area contributed by atoms with Gasteiger partial charge in [0.1, 0.15) is 0 Å². The van der Waals surface area contributed by atoms with Gasteiger partial charge in [0.2, 0.25) is 0 Å². The van der Waals surface area contributed by atoms with Crippen LogP contribution in [0.3, 0.4) is 0 Å². The van der Waals surface area contributed by atoms with E-state index in [0.29, 0.717) is 0 Å². The summed E-state index contributed by atoms with van der Waals surface area (Å²) in [4.78, 5) is 0. The Labute approximate surface area is 127 Å². The SMILES string of the molecule is [U+2].[V].[c-]1ccccc1[N-]C1C=CC=C[CH-]1. The second kappa shape index (κ2) is 8.19. The fourth-order valence-corrected chi connectivity index (χ4v) is 1.20. The molecule has 0 heterocycles. The number of nitrogens with zero attached hydrogens (tertiary/aromatic N) is 1. The zero-order valence-electron chi connectivity index (χ0n) is 8.17. The number of allylic oxidation sites excluding steroid dienone is 2. The van der Waals surface area contributed by atoms with Crippen LogP contribution >= 0.6 is 0 Å². The first-order valence-corrected chi connectivity index (χ1v) is 4.31. The molecule has 1 aromatic carbocycles. The molecule has 2 rings (SSSR count). The first kappa shape index (κ1) is 15.0. The standard InChI is InChI=1S/C12H10N.U.V/c1-3-7-11(8-4-1)13-12-9-5-2-6-10-12;;/h1-9,11H;;/q-3;+2;. The van der Waals surface area contributed by atoms with Crippen molar-refractivity contribution in [3.05, 3.63) is 66.4 Å². The van der Waals surface area contributed by atoms with Crippen LogP contribution in [-0.4, -0.2) is 6.04 Å². The van der Waals surface area contributed by atoms with Gasteiger partial charge >= 0.3 is 31.1 Å². The van der Waals surface area contributed by atoms with Gasteiger partial charge in [-0.25, -0.2) is 18.6 Å². The van der Waals surface area contributed by atoms with E-state index in [1.165, 1.54) is 0 Å². The van der Waals surface area contributed by atoms with Crippen molar-refractivity contribution in [3.8, 4) is 0 Å². The van der Waals surface area contributed by atoms with E-state index in [1.807, 2.05) is 42.5 Å². The van der Waals surface area contributed by atoms with E-state index in [-0.39, 0.29) is 55.7 Å². The van der Waals surface area contributed by atoms with Gasteiger partial charge in [0, 0.05) is 18.6 Å². The third-order valence-corrected chi connectivity index (χ3v) is 1.82. The van der Waals surface area contributed by atoms with Crippen LogP contribution in [-0.2, 0) is 18.6 Å². The summed E-state index contributed by atoms with van der Waals surface area (Å²) < 4.78 is 0. The van der Waals surface area contributed by atoms with E-state index < -0.39 is 0 Å². The quantitative estimate of drug-likeness (QED) is 0.607. The number of benzene rings is 1. The van der Waals surface area contributed by atoms with Gasteiger partial charge in [0.25, 0.3) is 0 Å². The van der Waals surface area contributed by atoms with Crippen molar-refractivity contribution < 1.29 is 49.7 Å². The molecule has 1 radical (unpaired) electrons. The van der Waals surface area contributed by atoms with Crippen molar-refractivity contribution in [2.75, 3.05) is 0 Å². The smallest absolute Gasteiger partial charge is 0.711 e. The molecule has 0 bridgehead atoms. The van der Waals surface area contributed by atoms with Crippen LogP contribution in [0, 0.1) is 43.6 Å². The van der Waals surface area contributed by atoms with Gasteiger partial charge < -0.3 is 5.32 Å². The molecule has 0 N–H and O–H groups in total. The maximum absolute atomic E-state index is 4.47. The summed E-state index contributed by atoms with van der Waals surface area (Å²) in [6.07, 6.45) is 10.1. The molecule has 1 aromatic rings. The summed E-state index contributed by atoms with van der Waals surface area (Å²) in [5.41, 5.74) is 0.906. The van der Waals surface area contributed by atoms with E-state index in [2.05, 4.69) is 23.9 Å². The molecule has 73 valence electrons. The summed E-state index contributed by atoms with van der Waals surface area (Å²) in [6, 6.07) is 11.0. The molecule has 0 spiro atoms. The van der Waals surface area contributed by atoms with Gasteiger partial charge in [-0.1, -0.05) is 0 Å². The summed E-state index contributed by atoms with van der Waals surface area (Å²) >= 11 is 0. The Morgan fingerprint density at radius 1 is 1.27 bits per heavy atom. The second-order valence-electron chi connectivity index (χ2n) is 2.83. The van der Waals surface area contributed by atoms with Crippen LogP contribution in [0.4, 0.5) is 5.69 Å². The van der Waals surface area contributed by atoms with E-state index in [0.717, 1.165) is 5.69 Å². The number of para-hydroxylation sites is 1. The Morgan fingerprint density at radius 3 is 2.73 bits per heavy atom. The van der Waals surface area contributed by atoms with Gasteiger partial charge in [-0.05, 0) is 0 Å². The van der Waals surface area contributed by atoms with Crippen molar-refractivity contribution in [1.82, 2.24) is 0 Å². The zero-order chi connectivity index (χ0) is 8.93. The Bertz CT molecular complexity index is 322. The Morgan fingerprint density at radius 2 is 2.13 bits per heavy atom. The second-order valence-corrected chi connectivity index (χ2v) is 2.83. The van der Waals surface area contributed by atoms with Crippen LogP contribution in [0.25, 0.3) is 5.32 Å². The summed E-state index contributed by atoms with van der Waals surface area (Å²) in [5, 5.41) is 4.47. The molecule has 0 saturated carbocycles. The third kappa shape index (κ3) is 5.04. The van der Waals surface area contributed by atoms with E-state index >= 15 is 0 Å². The Hall–Kier alpha value is 0.00636.